The molecule has 116 valence electrons. The molecular weight excluding hydrogens is 343 g/mol. The van der Waals surface area contributed by atoms with E-state index >= 15 is 0 Å². The van der Waals surface area contributed by atoms with E-state index in [4.69, 9.17) is 23.2 Å². The number of nitrogens with zero attached hydrogens (tertiary/aromatic N) is 1. The Kier molecular flexibility index (Phi) is 5.83. The lowest BCUT2D eigenvalue weighted by atomic mass is 10.2. The lowest BCUT2D eigenvalue weighted by molar-refractivity contribution is 0.584. The first-order valence-electron chi connectivity index (χ1n) is 6.48. The Morgan fingerprint density at radius 2 is 1.82 bits per heavy atom. The zero-order valence-corrected chi connectivity index (χ0v) is 13.9. The number of aryl methyl sites for hydroxylation is 1. The van der Waals surface area contributed by atoms with Crippen molar-refractivity contribution in [1.82, 2.24) is 4.83 Å². The van der Waals surface area contributed by atoms with Crippen LogP contribution in [0.4, 0.5) is 0 Å². The van der Waals surface area contributed by atoms with Gasteiger partial charge in [0.15, 0.2) is 0 Å². The summed E-state index contributed by atoms with van der Waals surface area (Å²) in [4.78, 5) is 2.17. The predicted octanol–water partition coefficient (Wildman–Crippen LogP) is 3.49. The highest BCUT2D eigenvalue weighted by Gasteiger charge is 2.08. The van der Waals surface area contributed by atoms with Crippen molar-refractivity contribution in [2.75, 3.05) is 5.75 Å². The molecule has 0 saturated carbocycles. The van der Waals surface area contributed by atoms with Crippen molar-refractivity contribution < 1.29 is 8.42 Å². The average molecular weight is 357 g/mol. The third-order valence-electron chi connectivity index (χ3n) is 2.86. The summed E-state index contributed by atoms with van der Waals surface area (Å²) in [6.45, 7) is 0. The third kappa shape index (κ3) is 5.33. The summed E-state index contributed by atoms with van der Waals surface area (Å²) in [6, 6.07) is 14.3. The minimum absolute atomic E-state index is 0.0390. The van der Waals surface area contributed by atoms with Crippen LogP contribution >= 0.6 is 23.2 Å². The second-order valence-electron chi connectivity index (χ2n) is 4.57. The van der Waals surface area contributed by atoms with Crippen molar-refractivity contribution in [3.8, 4) is 0 Å². The zero-order valence-electron chi connectivity index (χ0n) is 11.5. The predicted molar refractivity (Wildman–Crippen MR) is 91.1 cm³/mol. The van der Waals surface area contributed by atoms with Gasteiger partial charge in [-0.25, -0.2) is 13.2 Å². The molecule has 0 fully saturated rings. The molecule has 2 rings (SSSR count). The van der Waals surface area contributed by atoms with E-state index < -0.39 is 10.0 Å². The Hall–Kier alpha value is -1.56. The molecule has 0 aromatic heterocycles. The van der Waals surface area contributed by atoms with Crippen LogP contribution in [0.5, 0.6) is 0 Å². The Morgan fingerprint density at radius 1 is 1.09 bits per heavy atom. The molecule has 0 spiro atoms. The fourth-order valence-corrected chi connectivity index (χ4v) is 2.99. The van der Waals surface area contributed by atoms with Crippen LogP contribution in [0, 0.1) is 0 Å². The highest BCUT2D eigenvalue weighted by molar-refractivity contribution is 7.89. The summed E-state index contributed by atoms with van der Waals surface area (Å²) in [5.74, 6) is -0.0390. The first-order chi connectivity index (χ1) is 10.5. The quantitative estimate of drug-likeness (QED) is 0.636. The van der Waals surface area contributed by atoms with Crippen LogP contribution in [0.3, 0.4) is 0 Å². The molecule has 22 heavy (non-hydrogen) atoms. The van der Waals surface area contributed by atoms with Gasteiger partial charge in [0.1, 0.15) is 0 Å². The summed E-state index contributed by atoms with van der Waals surface area (Å²) in [5.41, 5.74) is 1.54. The standard InChI is InChI=1S/C15H14Cl2N2O2S/c16-14-7-6-13(15(17)10-14)11-18-19-22(20,21)9-8-12-4-2-1-3-5-12/h1-7,10-11,19H,8-9H2. The van der Waals surface area contributed by atoms with Crippen molar-refractivity contribution in [3.05, 3.63) is 69.7 Å². The monoisotopic (exact) mass is 356 g/mol. The van der Waals surface area contributed by atoms with Gasteiger partial charge in [0.05, 0.1) is 17.0 Å². The molecule has 0 aliphatic carbocycles. The molecule has 2 aromatic carbocycles. The molecule has 0 saturated heterocycles. The first kappa shape index (κ1) is 16.8. The summed E-state index contributed by atoms with van der Waals surface area (Å²) in [5, 5.41) is 4.63. The molecule has 0 bridgehead atoms. The van der Waals surface area contributed by atoms with Crippen molar-refractivity contribution in [2.24, 2.45) is 5.10 Å². The second kappa shape index (κ2) is 7.63. The minimum Gasteiger partial charge on any atom is -0.205 e. The van der Waals surface area contributed by atoms with E-state index in [1.54, 1.807) is 18.2 Å². The van der Waals surface area contributed by atoms with Gasteiger partial charge in [0.2, 0.25) is 10.0 Å². The second-order valence-corrected chi connectivity index (χ2v) is 7.23. The van der Waals surface area contributed by atoms with E-state index in [2.05, 4.69) is 9.93 Å². The number of halogens is 2. The van der Waals surface area contributed by atoms with Gasteiger partial charge in [-0.1, -0.05) is 59.6 Å². The molecule has 7 heteroatoms. The number of benzene rings is 2. The molecule has 2 aromatic rings. The van der Waals surface area contributed by atoms with E-state index in [0.29, 0.717) is 22.0 Å². The summed E-state index contributed by atoms with van der Waals surface area (Å²) in [6.07, 6.45) is 1.77. The maximum absolute atomic E-state index is 11.9. The Balaban J connectivity index is 1.93. The Bertz CT molecular complexity index is 762. The van der Waals surface area contributed by atoms with E-state index in [1.165, 1.54) is 6.21 Å². The van der Waals surface area contributed by atoms with Crippen molar-refractivity contribution in [1.29, 1.82) is 0 Å². The van der Waals surface area contributed by atoms with Crippen LogP contribution in [-0.4, -0.2) is 20.4 Å². The van der Waals surface area contributed by atoms with Crippen LogP contribution in [0.2, 0.25) is 10.0 Å². The Labute approximate surface area is 139 Å². The van der Waals surface area contributed by atoms with Gasteiger partial charge in [0, 0.05) is 10.6 Å². The molecule has 0 radical (unpaired) electrons. The largest absolute Gasteiger partial charge is 0.247 e. The van der Waals surface area contributed by atoms with Crippen LogP contribution in [0.25, 0.3) is 0 Å². The maximum atomic E-state index is 11.9. The van der Waals surface area contributed by atoms with Gasteiger partial charge >= 0.3 is 0 Å². The molecule has 0 amide bonds. The van der Waals surface area contributed by atoms with Crippen LogP contribution in [-0.2, 0) is 16.4 Å². The zero-order chi connectivity index (χ0) is 16.0. The SMILES string of the molecule is O=S(=O)(CCc1ccccc1)NN=Cc1ccc(Cl)cc1Cl. The smallest absolute Gasteiger partial charge is 0.205 e. The van der Waals surface area contributed by atoms with Gasteiger partial charge in [-0.05, 0) is 24.1 Å². The molecule has 0 unspecified atom stereocenters. The van der Waals surface area contributed by atoms with Gasteiger partial charge in [-0.3, -0.25) is 0 Å². The fourth-order valence-electron chi connectivity index (χ4n) is 1.72. The molecule has 0 heterocycles. The maximum Gasteiger partial charge on any atom is 0.247 e. The molecule has 0 atom stereocenters. The van der Waals surface area contributed by atoms with Crippen molar-refractivity contribution in [3.63, 3.8) is 0 Å². The number of nitrogens with one attached hydrogen (secondary N) is 1. The average Bonchev–Trinajstić information content (AvgIpc) is 2.49. The van der Waals surface area contributed by atoms with Crippen LogP contribution in [0.1, 0.15) is 11.1 Å². The number of hydrogen-bond donors (Lipinski definition) is 1. The van der Waals surface area contributed by atoms with Gasteiger partial charge < -0.3 is 0 Å². The molecule has 0 aliphatic rings. The minimum atomic E-state index is -3.49. The third-order valence-corrected chi connectivity index (χ3v) is 4.55. The normalized spacial score (nSPS) is 11.7. The fraction of sp³-hybridized carbons (Fsp3) is 0.133. The summed E-state index contributed by atoms with van der Waals surface area (Å²) < 4.78 is 23.7. The number of sulfonamides is 1. The summed E-state index contributed by atoms with van der Waals surface area (Å²) in [7, 11) is -3.49. The first-order valence-corrected chi connectivity index (χ1v) is 8.89. The highest BCUT2D eigenvalue weighted by atomic mass is 35.5. The number of hydrogen-bond acceptors (Lipinski definition) is 3. The molecule has 4 nitrogen and oxygen atoms in total. The van der Waals surface area contributed by atoms with Crippen LogP contribution < -0.4 is 4.83 Å². The summed E-state index contributed by atoms with van der Waals surface area (Å²) >= 11 is 11.8. The van der Waals surface area contributed by atoms with E-state index in [1.807, 2.05) is 30.3 Å². The number of hydrazone groups is 1. The van der Waals surface area contributed by atoms with E-state index in [9.17, 15) is 8.42 Å². The molecular formula is C15H14Cl2N2O2S. The van der Waals surface area contributed by atoms with Gasteiger partial charge in [0.25, 0.3) is 0 Å². The molecule has 0 aliphatic heterocycles. The van der Waals surface area contributed by atoms with E-state index in [-0.39, 0.29) is 5.75 Å². The van der Waals surface area contributed by atoms with Gasteiger partial charge in [-0.15, -0.1) is 0 Å². The lowest BCUT2D eigenvalue weighted by Gasteiger charge is -2.04. The van der Waals surface area contributed by atoms with E-state index in [0.717, 1.165) is 5.56 Å². The number of rotatable bonds is 6. The highest BCUT2D eigenvalue weighted by Crippen LogP contribution is 2.19. The van der Waals surface area contributed by atoms with Crippen molar-refractivity contribution in [2.45, 2.75) is 6.42 Å². The van der Waals surface area contributed by atoms with Crippen LogP contribution in [0.15, 0.2) is 53.6 Å². The van der Waals surface area contributed by atoms with Crippen molar-refractivity contribution >= 4 is 39.4 Å². The Morgan fingerprint density at radius 3 is 2.50 bits per heavy atom. The topological polar surface area (TPSA) is 58.5 Å². The molecule has 1 N–H and O–H groups in total. The lowest BCUT2D eigenvalue weighted by Crippen LogP contribution is -2.22. The van der Waals surface area contributed by atoms with Gasteiger partial charge in [-0.2, -0.15) is 5.10 Å².